The summed E-state index contributed by atoms with van der Waals surface area (Å²) < 4.78 is 17.7. The molecular formula is C10H11FO. The van der Waals surface area contributed by atoms with Gasteiger partial charge in [0.25, 0.3) is 0 Å². The third-order valence-corrected chi connectivity index (χ3v) is 1.69. The summed E-state index contributed by atoms with van der Waals surface area (Å²) in [6, 6.07) is 4.96. The fourth-order valence-electron chi connectivity index (χ4n) is 0.946. The molecule has 0 atom stereocenters. The zero-order valence-corrected chi connectivity index (χ0v) is 7.17. The number of ether oxygens (including phenoxy) is 1. The number of hydrogen-bond donors (Lipinski definition) is 0. The van der Waals surface area contributed by atoms with Crippen LogP contribution in [0.1, 0.15) is 11.1 Å². The Hall–Kier alpha value is -1.31. The molecule has 0 amide bonds. The van der Waals surface area contributed by atoms with Crippen molar-refractivity contribution >= 4 is 6.08 Å². The van der Waals surface area contributed by atoms with Gasteiger partial charge in [-0.3, -0.25) is 0 Å². The first kappa shape index (κ1) is 8.78. The molecule has 0 saturated carbocycles. The first-order chi connectivity index (χ1) is 5.75. The summed E-state index contributed by atoms with van der Waals surface area (Å²) in [5.74, 6) is -0.187. The minimum absolute atomic E-state index is 0.187. The molecule has 0 radical (unpaired) electrons. The third kappa shape index (κ3) is 1.84. The van der Waals surface area contributed by atoms with Gasteiger partial charge in [-0.2, -0.15) is 0 Å². The molecule has 0 bridgehead atoms. The Bertz CT molecular complexity index is 292. The Balaban J connectivity index is 3.00. The van der Waals surface area contributed by atoms with Crippen LogP contribution < -0.4 is 0 Å². The van der Waals surface area contributed by atoms with Gasteiger partial charge in [0.2, 0.25) is 0 Å². The molecule has 0 unspecified atom stereocenters. The summed E-state index contributed by atoms with van der Waals surface area (Å²) in [5.41, 5.74) is 1.49. The van der Waals surface area contributed by atoms with Crippen LogP contribution in [0.3, 0.4) is 0 Å². The maximum atomic E-state index is 12.9. The fraction of sp³-hybridized carbons (Fsp3) is 0.200. The molecule has 0 aliphatic carbocycles. The van der Waals surface area contributed by atoms with Gasteiger partial charge in [0.15, 0.2) is 0 Å². The zero-order chi connectivity index (χ0) is 8.97. The first-order valence-corrected chi connectivity index (χ1v) is 3.70. The Labute approximate surface area is 71.5 Å². The molecule has 0 saturated heterocycles. The molecule has 0 heterocycles. The van der Waals surface area contributed by atoms with E-state index in [1.807, 2.05) is 6.07 Å². The first-order valence-electron chi connectivity index (χ1n) is 3.70. The SMILES string of the molecule is COC=Cc1cccc(F)c1C. The molecule has 0 aromatic heterocycles. The zero-order valence-electron chi connectivity index (χ0n) is 7.17. The number of methoxy groups -OCH3 is 1. The molecule has 1 aromatic rings. The summed E-state index contributed by atoms with van der Waals surface area (Å²) in [7, 11) is 1.56. The van der Waals surface area contributed by atoms with Crippen molar-refractivity contribution in [1.82, 2.24) is 0 Å². The van der Waals surface area contributed by atoms with Gasteiger partial charge >= 0.3 is 0 Å². The van der Waals surface area contributed by atoms with Gasteiger partial charge in [-0.15, -0.1) is 0 Å². The second-order valence-electron chi connectivity index (χ2n) is 2.49. The van der Waals surface area contributed by atoms with E-state index in [1.54, 1.807) is 26.2 Å². The van der Waals surface area contributed by atoms with E-state index in [4.69, 9.17) is 4.74 Å². The van der Waals surface area contributed by atoms with Crippen LogP contribution in [0.4, 0.5) is 4.39 Å². The van der Waals surface area contributed by atoms with Crippen molar-refractivity contribution in [3.05, 3.63) is 41.4 Å². The van der Waals surface area contributed by atoms with Crippen LogP contribution in [0.5, 0.6) is 0 Å². The summed E-state index contributed by atoms with van der Waals surface area (Å²) in [6.07, 6.45) is 3.26. The summed E-state index contributed by atoms with van der Waals surface area (Å²) >= 11 is 0. The van der Waals surface area contributed by atoms with Crippen LogP contribution in [0.2, 0.25) is 0 Å². The van der Waals surface area contributed by atoms with E-state index < -0.39 is 0 Å². The molecule has 0 aliphatic heterocycles. The topological polar surface area (TPSA) is 9.23 Å². The lowest BCUT2D eigenvalue weighted by Gasteiger charge is -2.00. The highest BCUT2D eigenvalue weighted by molar-refractivity contribution is 5.52. The number of hydrogen-bond acceptors (Lipinski definition) is 1. The van der Waals surface area contributed by atoms with Crippen LogP contribution in [-0.2, 0) is 4.74 Å². The summed E-state index contributed by atoms with van der Waals surface area (Å²) in [6.45, 7) is 1.74. The molecule has 1 nitrogen and oxygen atoms in total. The number of benzene rings is 1. The smallest absolute Gasteiger partial charge is 0.126 e. The van der Waals surface area contributed by atoms with E-state index in [1.165, 1.54) is 12.3 Å². The van der Waals surface area contributed by atoms with Crippen molar-refractivity contribution in [2.24, 2.45) is 0 Å². The molecule has 0 N–H and O–H groups in total. The summed E-state index contributed by atoms with van der Waals surface area (Å²) in [5, 5.41) is 0. The molecular weight excluding hydrogens is 155 g/mol. The average Bonchev–Trinajstić information content (AvgIpc) is 2.08. The van der Waals surface area contributed by atoms with Crippen molar-refractivity contribution in [3.63, 3.8) is 0 Å². The van der Waals surface area contributed by atoms with Crippen molar-refractivity contribution in [1.29, 1.82) is 0 Å². The summed E-state index contributed by atoms with van der Waals surface area (Å²) in [4.78, 5) is 0. The normalized spacial score (nSPS) is 10.6. The van der Waals surface area contributed by atoms with Gasteiger partial charge < -0.3 is 4.74 Å². The average molecular weight is 166 g/mol. The Morgan fingerprint density at radius 1 is 1.42 bits per heavy atom. The second kappa shape index (κ2) is 3.90. The van der Waals surface area contributed by atoms with Gasteiger partial charge in [0.05, 0.1) is 13.4 Å². The minimum Gasteiger partial charge on any atom is -0.504 e. The molecule has 0 spiro atoms. The molecule has 0 aliphatic rings. The van der Waals surface area contributed by atoms with E-state index in [2.05, 4.69) is 0 Å². The van der Waals surface area contributed by atoms with Gasteiger partial charge in [0.1, 0.15) is 5.82 Å². The molecule has 1 aromatic carbocycles. The standard InChI is InChI=1S/C10H11FO/c1-8-9(6-7-12-2)4-3-5-10(8)11/h3-7H,1-2H3. The lowest BCUT2D eigenvalue weighted by Crippen LogP contribution is -1.85. The molecule has 64 valence electrons. The largest absolute Gasteiger partial charge is 0.504 e. The highest BCUT2D eigenvalue weighted by atomic mass is 19.1. The number of rotatable bonds is 2. The Morgan fingerprint density at radius 3 is 2.83 bits per heavy atom. The lowest BCUT2D eigenvalue weighted by molar-refractivity contribution is 0.341. The minimum atomic E-state index is -0.187. The highest BCUT2D eigenvalue weighted by Gasteiger charge is 1.98. The van der Waals surface area contributed by atoms with Crippen LogP contribution in [0.15, 0.2) is 24.5 Å². The van der Waals surface area contributed by atoms with Gasteiger partial charge in [-0.05, 0) is 30.2 Å². The predicted octanol–water partition coefficient (Wildman–Crippen LogP) is 2.75. The fourth-order valence-corrected chi connectivity index (χ4v) is 0.946. The van der Waals surface area contributed by atoms with Gasteiger partial charge in [0, 0.05) is 0 Å². The van der Waals surface area contributed by atoms with Crippen LogP contribution in [0, 0.1) is 12.7 Å². The van der Waals surface area contributed by atoms with Crippen LogP contribution in [0.25, 0.3) is 6.08 Å². The van der Waals surface area contributed by atoms with Gasteiger partial charge in [-0.1, -0.05) is 12.1 Å². The van der Waals surface area contributed by atoms with E-state index in [0.717, 1.165) is 5.56 Å². The third-order valence-electron chi connectivity index (χ3n) is 1.69. The quantitative estimate of drug-likeness (QED) is 0.614. The van der Waals surface area contributed by atoms with Crippen molar-refractivity contribution in [2.75, 3.05) is 7.11 Å². The van der Waals surface area contributed by atoms with E-state index in [9.17, 15) is 4.39 Å². The van der Waals surface area contributed by atoms with E-state index >= 15 is 0 Å². The van der Waals surface area contributed by atoms with Crippen molar-refractivity contribution in [2.45, 2.75) is 6.92 Å². The van der Waals surface area contributed by atoms with Crippen molar-refractivity contribution < 1.29 is 9.13 Å². The molecule has 1 rings (SSSR count). The highest BCUT2D eigenvalue weighted by Crippen LogP contribution is 2.13. The molecule has 0 fully saturated rings. The Kier molecular flexibility index (Phi) is 2.86. The van der Waals surface area contributed by atoms with E-state index in [0.29, 0.717) is 5.56 Å². The van der Waals surface area contributed by atoms with Crippen molar-refractivity contribution in [3.8, 4) is 0 Å². The van der Waals surface area contributed by atoms with Crippen LogP contribution in [-0.4, -0.2) is 7.11 Å². The lowest BCUT2D eigenvalue weighted by atomic mass is 10.1. The molecule has 2 heteroatoms. The van der Waals surface area contributed by atoms with E-state index in [-0.39, 0.29) is 5.82 Å². The second-order valence-corrected chi connectivity index (χ2v) is 2.49. The number of halogens is 1. The van der Waals surface area contributed by atoms with Crippen LogP contribution >= 0.6 is 0 Å². The maximum Gasteiger partial charge on any atom is 0.126 e. The Morgan fingerprint density at radius 2 is 2.17 bits per heavy atom. The van der Waals surface area contributed by atoms with Gasteiger partial charge in [-0.25, -0.2) is 4.39 Å². The molecule has 12 heavy (non-hydrogen) atoms. The monoisotopic (exact) mass is 166 g/mol. The predicted molar refractivity (Wildman–Crippen MR) is 47.2 cm³/mol. The maximum absolute atomic E-state index is 12.9.